The average molecular weight is 540 g/mol. The Morgan fingerprint density at radius 2 is 1.90 bits per heavy atom. The Hall–Kier alpha value is -1.19. The second kappa shape index (κ2) is 11.4. The van der Waals surface area contributed by atoms with Gasteiger partial charge in [0, 0.05) is 42.3 Å². The summed E-state index contributed by atoms with van der Waals surface area (Å²) in [7, 11) is 0. The number of guanidine groups is 1. The van der Waals surface area contributed by atoms with Crippen LogP contribution in [0.5, 0.6) is 0 Å². The van der Waals surface area contributed by atoms with Gasteiger partial charge in [-0.15, -0.1) is 35.3 Å². The van der Waals surface area contributed by atoms with Gasteiger partial charge in [0.1, 0.15) is 5.01 Å². The molecule has 2 fully saturated rings. The van der Waals surface area contributed by atoms with Crippen LogP contribution in [0.2, 0.25) is 0 Å². The molecule has 2 unspecified atom stereocenters. The molecule has 2 aliphatic heterocycles. The number of aliphatic imine (C=N–C) groups is 1. The van der Waals surface area contributed by atoms with E-state index in [0.29, 0.717) is 24.7 Å². The quantitative estimate of drug-likeness (QED) is 0.308. The highest BCUT2D eigenvalue weighted by atomic mass is 127. The van der Waals surface area contributed by atoms with E-state index in [1.165, 1.54) is 36.1 Å². The fraction of sp³-hybridized carbons (Fsp3) is 0.565. The van der Waals surface area contributed by atoms with E-state index < -0.39 is 0 Å². The predicted octanol–water partition coefficient (Wildman–Crippen LogP) is 4.57. The van der Waals surface area contributed by atoms with Crippen LogP contribution < -0.4 is 10.6 Å². The minimum atomic E-state index is 0. The molecule has 2 atom stereocenters. The monoisotopic (exact) mass is 539 g/mol. The molecule has 0 amide bonds. The molecule has 7 heteroatoms. The van der Waals surface area contributed by atoms with Crippen LogP contribution in [0.1, 0.15) is 55.0 Å². The van der Waals surface area contributed by atoms with Gasteiger partial charge < -0.3 is 10.6 Å². The summed E-state index contributed by atoms with van der Waals surface area (Å²) in [5.74, 6) is 0.932. The van der Waals surface area contributed by atoms with E-state index in [0.717, 1.165) is 30.5 Å². The molecule has 3 heterocycles. The van der Waals surface area contributed by atoms with Crippen molar-refractivity contribution in [2.45, 2.75) is 77.2 Å². The van der Waals surface area contributed by atoms with Gasteiger partial charge in [0.15, 0.2) is 5.96 Å². The second-order valence-corrected chi connectivity index (χ2v) is 9.32. The van der Waals surface area contributed by atoms with Gasteiger partial charge in [0.2, 0.25) is 0 Å². The summed E-state index contributed by atoms with van der Waals surface area (Å²) in [4.78, 5) is 13.4. The van der Waals surface area contributed by atoms with Crippen LogP contribution in [0, 0.1) is 0 Å². The van der Waals surface area contributed by atoms with E-state index in [-0.39, 0.29) is 24.0 Å². The standard InChI is InChI=1S/C23H33N5S.HI/c1-3-21-14-25-22(29-21)15-26-23(24-4-2)27-18-12-19-10-11-20(13-18)28(19)16-17-8-6-5-7-9-17;/h5-9,14,18-20H,3-4,10-13,15-16H2,1-2H3,(H2,24,26,27);1H. The molecule has 0 saturated carbocycles. The zero-order valence-electron chi connectivity index (χ0n) is 18.0. The molecule has 2 N–H and O–H groups in total. The number of piperidine rings is 1. The van der Waals surface area contributed by atoms with Crippen molar-refractivity contribution in [3.05, 3.63) is 52.0 Å². The molecular weight excluding hydrogens is 505 g/mol. The first-order valence-corrected chi connectivity index (χ1v) is 11.8. The summed E-state index contributed by atoms with van der Waals surface area (Å²) in [5, 5.41) is 8.24. The van der Waals surface area contributed by atoms with Gasteiger partial charge in [-0.1, -0.05) is 37.3 Å². The topological polar surface area (TPSA) is 52.6 Å². The van der Waals surface area contributed by atoms with Gasteiger partial charge in [-0.2, -0.15) is 0 Å². The molecule has 30 heavy (non-hydrogen) atoms. The largest absolute Gasteiger partial charge is 0.357 e. The van der Waals surface area contributed by atoms with Crippen LogP contribution in [0.3, 0.4) is 0 Å². The number of aromatic nitrogens is 1. The number of rotatable bonds is 7. The molecule has 2 aromatic rings. The van der Waals surface area contributed by atoms with E-state index in [4.69, 9.17) is 4.99 Å². The fourth-order valence-electron chi connectivity index (χ4n) is 4.69. The Bertz CT molecular complexity index is 795. The van der Waals surface area contributed by atoms with Crippen LogP contribution >= 0.6 is 35.3 Å². The Balaban J connectivity index is 0.00000256. The number of thiazole rings is 1. The van der Waals surface area contributed by atoms with Crippen LogP contribution in [0.25, 0.3) is 0 Å². The van der Waals surface area contributed by atoms with Crippen molar-refractivity contribution in [3.8, 4) is 0 Å². The maximum absolute atomic E-state index is 4.81. The van der Waals surface area contributed by atoms with Crippen molar-refractivity contribution in [2.24, 2.45) is 4.99 Å². The lowest BCUT2D eigenvalue weighted by Crippen LogP contribution is -2.52. The van der Waals surface area contributed by atoms with Gasteiger partial charge in [0.05, 0.1) is 6.54 Å². The van der Waals surface area contributed by atoms with Crippen molar-refractivity contribution in [3.63, 3.8) is 0 Å². The first kappa shape index (κ1) is 23.5. The van der Waals surface area contributed by atoms with E-state index >= 15 is 0 Å². The highest BCUT2D eigenvalue weighted by molar-refractivity contribution is 14.0. The molecule has 4 rings (SSSR count). The van der Waals surface area contributed by atoms with E-state index in [1.807, 2.05) is 6.20 Å². The Labute approximate surface area is 201 Å². The van der Waals surface area contributed by atoms with E-state index in [2.05, 4.69) is 64.7 Å². The normalized spacial score (nSPS) is 23.8. The predicted molar refractivity (Wildman–Crippen MR) is 137 cm³/mol. The maximum atomic E-state index is 4.81. The van der Waals surface area contributed by atoms with Gasteiger partial charge in [-0.3, -0.25) is 4.90 Å². The van der Waals surface area contributed by atoms with Crippen LogP contribution in [0.15, 0.2) is 41.5 Å². The third-order valence-corrected chi connectivity index (χ3v) is 7.23. The molecule has 2 aliphatic rings. The summed E-state index contributed by atoms with van der Waals surface area (Å²) < 4.78 is 0. The Morgan fingerprint density at radius 3 is 2.53 bits per heavy atom. The number of benzene rings is 1. The third-order valence-electron chi connectivity index (χ3n) is 6.10. The first-order valence-electron chi connectivity index (χ1n) is 11.0. The van der Waals surface area contributed by atoms with Crippen molar-refractivity contribution in [1.29, 1.82) is 0 Å². The smallest absolute Gasteiger partial charge is 0.191 e. The molecule has 164 valence electrons. The van der Waals surface area contributed by atoms with Crippen molar-refractivity contribution in [1.82, 2.24) is 20.5 Å². The number of nitrogens with one attached hydrogen (secondary N) is 2. The molecule has 2 saturated heterocycles. The van der Waals surface area contributed by atoms with Crippen LogP contribution in [0.4, 0.5) is 0 Å². The summed E-state index contributed by atoms with van der Waals surface area (Å²) in [6, 6.07) is 12.8. The summed E-state index contributed by atoms with van der Waals surface area (Å²) in [6.45, 7) is 6.91. The van der Waals surface area contributed by atoms with Gasteiger partial charge in [0.25, 0.3) is 0 Å². The van der Waals surface area contributed by atoms with Gasteiger partial charge in [-0.05, 0) is 44.6 Å². The first-order chi connectivity index (χ1) is 14.2. The number of aryl methyl sites for hydroxylation is 1. The third kappa shape index (κ3) is 5.95. The van der Waals surface area contributed by atoms with Crippen molar-refractivity contribution in [2.75, 3.05) is 6.54 Å². The molecule has 0 aliphatic carbocycles. The fourth-order valence-corrected chi connectivity index (χ4v) is 5.48. The van der Waals surface area contributed by atoms with Gasteiger partial charge in [-0.25, -0.2) is 9.98 Å². The average Bonchev–Trinajstić information content (AvgIpc) is 3.29. The van der Waals surface area contributed by atoms with Crippen LogP contribution in [-0.4, -0.2) is 40.5 Å². The maximum Gasteiger partial charge on any atom is 0.191 e. The summed E-state index contributed by atoms with van der Waals surface area (Å²) >= 11 is 1.77. The SMILES string of the molecule is CCNC(=NCc1ncc(CC)s1)NC1CC2CCC(C1)N2Cc1ccccc1.I. The summed E-state index contributed by atoms with van der Waals surface area (Å²) in [6.07, 6.45) is 8.07. The minimum absolute atomic E-state index is 0. The lowest BCUT2D eigenvalue weighted by molar-refractivity contribution is 0.114. The van der Waals surface area contributed by atoms with E-state index in [1.54, 1.807) is 11.3 Å². The Morgan fingerprint density at radius 1 is 1.17 bits per heavy atom. The molecule has 0 spiro atoms. The second-order valence-electron chi connectivity index (χ2n) is 8.12. The zero-order valence-corrected chi connectivity index (χ0v) is 21.2. The molecule has 2 bridgehead atoms. The number of fused-ring (bicyclic) bond motifs is 2. The van der Waals surface area contributed by atoms with Crippen LogP contribution in [-0.2, 0) is 19.5 Å². The number of hydrogen-bond acceptors (Lipinski definition) is 4. The minimum Gasteiger partial charge on any atom is -0.357 e. The number of hydrogen-bond donors (Lipinski definition) is 2. The highest BCUT2D eigenvalue weighted by Gasteiger charge is 2.40. The van der Waals surface area contributed by atoms with E-state index in [9.17, 15) is 0 Å². The lowest BCUT2D eigenvalue weighted by Gasteiger charge is -2.39. The number of halogens is 1. The summed E-state index contributed by atoms with van der Waals surface area (Å²) in [5.41, 5.74) is 1.43. The number of nitrogens with zero attached hydrogens (tertiary/aromatic N) is 3. The molecule has 5 nitrogen and oxygen atoms in total. The molecular formula is C23H34IN5S. The Kier molecular flexibility index (Phi) is 8.95. The molecule has 1 aromatic carbocycles. The highest BCUT2D eigenvalue weighted by Crippen LogP contribution is 2.36. The van der Waals surface area contributed by atoms with Gasteiger partial charge >= 0.3 is 0 Å². The molecule has 0 radical (unpaired) electrons. The lowest BCUT2D eigenvalue weighted by atomic mass is 9.96. The molecule has 1 aromatic heterocycles. The van der Waals surface area contributed by atoms with Crippen molar-refractivity contribution < 1.29 is 0 Å². The van der Waals surface area contributed by atoms with Crippen molar-refractivity contribution >= 4 is 41.3 Å². The zero-order chi connectivity index (χ0) is 20.1.